The summed E-state index contributed by atoms with van der Waals surface area (Å²) in [5.74, 6) is 1.25. The molecule has 0 radical (unpaired) electrons. The number of hydrogen-bond acceptors (Lipinski definition) is 3. The zero-order valence-electron chi connectivity index (χ0n) is 20.1. The van der Waals surface area contributed by atoms with Crippen molar-refractivity contribution in [3.8, 4) is 0 Å². The van der Waals surface area contributed by atoms with Crippen LogP contribution < -0.4 is 5.32 Å². The molecule has 1 aliphatic heterocycles. The van der Waals surface area contributed by atoms with Gasteiger partial charge in [-0.1, -0.05) is 54.1 Å². The van der Waals surface area contributed by atoms with E-state index in [9.17, 15) is 4.79 Å². The lowest BCUT2D eigenvalue weighted by Crippen LogP contribution is -2.46. The van der Waals surface area contributed by atoms with Crippen LogP contribution in [0.1, 0.15) is 62.3 Å². The predicted molar refractivity (Wildman–Crippen MR) is 136 cm³/mol. The van der Waals surface area contributed by atoms with Crippen LogP contribution in [0.15, 0.2) is 77.4 Å². The molecule has 0 bridgehead atoms. The minimum Gasteiger partial charge on any atom is -0.469 e. The van der Waals surface area contributed by atoms with Crippen LogP contribution >= 0.6 is 11.6 Å². The minimum atomic E-state index is -0.280. The highest BCUT2D eigenvalue weighted by molar-refractivity contribution is 6.30. The SMILES string of the molecule is CC1(C)C[C@@](CC(=O)NCC[C@H](Cc2ccccc2)c2ccco2)(c2ccc(Cl)cc2)CCO1. The summed E-state index contributed by atoms with van der Waals surface area (Å²) >= 11 is 6.14. The molecule has 4 rings (SSSR count). The van der Waals surface area contributed by atoms with Gasteiger partial charge in [0, 0.05) is 35.9 Å². The number of carbonyl (C=O) groups excluding carboxylic acids is 1. The van der Waals surface area contributed by atoms with Crippen molar-refractivity contribution in [2.75, 3.05) is 13.2 Å². The van der Waals surface area contributed by atoms with E-state index < -0.39 is 0 Å². The molecule has 2 heterocycles. The Morgan fingerprint density at radius 3 is 2.50 bits per heavy atom. The van der Waals surface area contributed by atoms with E-state index >= 15 is 0 Å². The fraction of sp³-hybridized carbons (Fsp3) is 0.414. The summed E-state index contributed by atoms with van der Waals surface area (Å²) in [4.78, 5) is 13.2. The molecule has 3 aromatic rings. The highest BCUT2D eigenvalue weighted by Crippen LogP contribution is 2.44. The second-order valence-electron chi connectivity index (χ2n) is 10.0. The molecule has 34 heavy (non-hydrogen) atoms. The van der Waals surface area contributed by atoms with E-state index in [1.807, 2.05) is 30.3 Å². The van der Waals surface area contributed by atoms with Crippen LogP contribution in [-0.2, 0) is 21.4 Å². The third-order valence-electron chi connectivity index (χ3n) is 6.88. The predicted octanol–water partition coefficient (Wildman–Crippen LogP) is 6.68. The number of carbonyl (C=O) groups is 1. The monoisotopic (exact) mass is 479 g/mol. The second-order valence-corrected chi connectivity index (χ2v) is 10.5. The second kappa shape index (κ2) is 10.8. The van der Waals surface area contributed by atoms with Crippen LogP contribution in [0, 0.1) is 0 Å². The van der Waals surface area contributed by atoms with Crippen molar-refractivity contribution in [1.82, 2.24) is 5.32 Å². The van der Waals surface area contributed by atoms with Gasteiger partial charge in [0.2, 0.25) is 5.91 Å². The summed E-state index contributed by atoms with van der Waals surface area (Å²) in [7, 11) is 0. The fourth-order valence-corrected chi connectivity index (χ4v) is 5.43. The van der Waals surface area contributed by atoms with E-state index in [2.05, 4.69) is 55.6 Å². The minimum absolute atomic E-state index is 0.0746. The van der Waals surface area contributed by atoms with Crippen LogP contribution in [-0.4, -0.2) is 24.7 Å². The van der Waals surface area contributed by atoms with Gasteiger partial charge in [0.15, 0.2) is 0 Å². The zero-order chi connectivity index (χ0) is 24.0. The Bertz CT molecular complexity index is 1050. The summed E-state index contributed by atoms with van der Waals surface area (Å²) in [6.45, 7) is 5.45. The molecule has 1 aliphatic rings. The van der Waals surface area contributed by atoms with Gasteiger partial charge >= 0.3 is 0 Å². The van der Waals surface area contributed by atoms with E-state index in [1.54, 1.807) is 6.26 Å². The Morgan fingerprint density at radius 1 is 1.06 bits per heavy atom. The van der Waals surface area contributed by atoms with E-state index in [-0.39, 0.29) is 22.8 Å². The molecule has 0 saturated carbocycles. The average molecular weight is 480 g/mol. The Kier molecular flexibility index (Phi) is 7.80. The van der Waals surface area contributed by atoms with Crippen molar-refractivity contribution in [3.05, 3.63) is 94.9 Å². The molecule has 1 aromatic heterocycles. The summed E-state index contributed by atoms with van der Waals surface area (Å²) in [5.41, 5.74) is 1.88. The van der Waals surface area contributed by atoms with Crippen molar-refractivity contribution in [1.29, 1.82) is 0 Å². The van der Waals surface area contributed by atoms with Gasteiger partial charge < -0.3 is 14.5 Å². The van der Waals surface area contributed by atoms with Crippen LogP contribution in [0.2, 0.25) is 5.02 Å². The van der Waals surface area contributed by atoms with E-state index in [0.29, 0.717) is 24.6 Å². The summed E-state index contributed by atoms with van der Waals surface area (Å²) in [5, 5.41) is 3.90. The van der Waals surface area contributed by atoms with Crippen LogP contribution in [0.25, 0.3) is 0 Å². The zero-order valence-corrected chi connectivity index (χ0v) is 20.8. The standard InChI is InChI=1S/C29H34ClNO3/c1-28(2)21-29(15-18-34-28,24-10-12-25(30)13-11-24)20-27(32)31-16-14-23(26-9-6-17-33-26)19-22-7-4-3-5-8-22/h3-13,17,23H,14-16,18-21H2,1-2H3,(H,31,32)/t23-,29-/m1/s1. The number of halogens is 1. The lowest BCUT2D eigenvalue weighted by atomic mass is 9.67. The topological polar surface area (TPSA) is 51.5 Å². The van der Waals surface area contributed by atoms with Crippen molar-refractivity contribution in [3.63, 3.8) is 0 Å². The Balaban J connectivity index is 1.41. The van der Waals surface area contributed by atoms with Crippen molar-refractivity contribution in [2.45, 2.75) is 62.9 Å². The number of amides is 1. The number of ether oxygens (including phenoxy) is 1. The van der Waals surface area contributed by atoms with Crippen molar-refractivity contribution in [2.24, 2.45) is 0 Å². The maximum atomic E-state index is 13.2. The Morgan fingerprint density at radius 2 is 1.82 bits per heavy atom. The van der Waals surface area contributed by atoms with E-state index in [0.717, 1.165) is 37.0 Å². The van der Waals surface area contributed by atoms with Crippen molar-refractivity contribution < 1.29 is 13.9 Å². The smallest absolute Gasteiger partial charge is 0.220 e. The quantitative estimate of drug-likeness (QED) is 0.372. The molecule has 0 aliphatic carbocycles. The number of furan rings is 1. The Hall–Kier alpha value is -2.56. The van der Waals surface area contributed by atoms with Crippen LogP contribution in [0.3, 0.4) is 0 Å². The number of rotatable bonds is 9. The third-order valence-corrected chi connectivity index (χ3v) is 7.13. The third kappa shape index (κ3) is 6.31. The number of hydrogen-bond donors (Lipinski definition) is 1. The van der Waals surface area contributed by atoms with Gasteiger partial charge in [-0.15, -0.1) is 0 Å². The first-order valence-electron chi connectivity index (χ1n) is 12.1. The molecule has 1 amide bonds. The molecule has 1 saturated heterocycles. The maximum absolute atomic E-state index is 13.2. The largest absolute Gasteiger partial charge is 0.469 e. The highest BCUT2D eigenvalue weighted by atomic mass is 35.5. The lowest BCUT2D eigenvalue weighted by Gasteiger charge is -2.45. The average Bonchev–Trinajstić information content (AvgIpc) is 3.34. The molecular formula is C29H34ClNO3. The normalized spacial score (nSPS) is 20.6. The molecule has 1 fully saturated rings. The van der Waals surface area contributed by atoms with Gasteiger partial charge in [0.1, 0.15) is 5.76 Å². The molecule has 180 valence electrons. The fourth-order valence-electron chi connectivity index (χ4n) is 5.30. The van der Waals surface area contributed by atoms with Crippen molar-refractivity contribution >= 4 is 17.5 Å². The first-order chi connectivity index (χ1) is 16.4. The highest BCUT2D eigenvalue weighted by Gasteiger charge is 2.43. The molecule has 2 aromatic carbocycles. The van der Waals surface area contributed by atoms with Gasteiger partial charge in [-0.05, 0) is 74.9 Å². The molecular weight excluding hydrogens is 446 g/mol. The number of benzene rings is 2. The molecule has 1 N–H and O–H groups in total. The first kappa shape index (κ1) is 24.6. The molecule has 0 spiro atoms. The van der Waals surface area contributed by atoms with E-state index in [4.69, 9.17) is 20.8 Å². The summed E-state index contributed by atoms with van der Waals surface area (Å²) in [6, 6.07) is 22.3. The Labute approximate surface area is 207 Å². The maximum Gasteiger partial charge on any atom is 0.220 e. The van der Waals surface area contributed by atoms with Gasteiger partial charge in [-0.25, -0.2) is 0 Å². The molecule has 5 heteroatoms. The van der Waals surface area contributed by atoms with Crippen LogP contribution in [0.4, 0.5) is 0 Å². The van der Waals surface area contributed by atoms with Gasteiger partial charge in [-0.3, -0.25) is 4.79 Å². The van der Waals surface area contributed by atoms with Crippen LogP contribution in [0.5, 0.6) is 0 Å². The summed E-state index contributed by atoms with van der Waals surface area (Å²) in [6.07, 6.45) is 5.45. The first-order valence-corrected chi connectivity index (χ1v) is 12.5. The lowest BCUT2D eigenvalue weighted by molar-refractivity contribution is -0.126. The summed E-state index contributed by atoms with van der Waals surface area (Å²) < 4.78 is 11.7. The van der Waals surface area contributed by atoms with Gasteiger partial charge in [-0.2, -0.15) is 0 Å². The number of nitrogens with one attached hydrogen (secondary N) is 1. The van der Waals surface area contributed by atoms with Gasteiger partial charge in [0.05, 0.1) is 11.9 Å². The van der Waals surface area contributed by atoms with E-state index in [1.165, 1.54) is 5.56 Å². The van der Waals surface area contributed by atoms with Gasteiger partial charge in [0.25, 0.3) is 0 Å². The molecule has 2 atom stereocenters. The molecule has 0 unspecified atom stereocenters. The molecule has 4 nitrogen and oxygen atoms in total.